The van der Waals surface area contributed by atoms with Gasteiger partial charge in [-0.3, -0.25) is 4.79 Å². The minimum Gasteiger partial charge on any atom is -0.497 e. The highest BCUT2D eigenvalue weighted by Gasteiger charge is 2.09. The molecule has 0 N–H and O–H groups in total. The summed E-state index contributed by atoms with van der Waals surface area (Å²) in [5, 5.41) is 4.24. The van der Waals surface area contributed by atoms with E-state index in [9.17, 15) is 9.18 Å². The van der Waals surface area contributed by atoms with E-state index in [1.807, 2.05) is 24.3 Å². The van der Waals surface area contributed by atoms with E-state index in [1.165, 1.54) is 28.0 Å². The zero-order valence-electron chi connectivity index (χ0n) is 14.3. The molecule has 4 aromatic rings. The maximum absolute atomic E-state index is 12.9. The smallest absolute Gasteiger partial charge is 0.291 e. The number of rotatable bonds is 4. The zero-order chi connectivity index (χ0) is 18.8. The van der Waals surface area contributed by atoms with Gasteiger partial charge in [-0.1, -0.05) is 41.7 Å². The standard InChI is InChI=1S/C20H14FN3O2S/c1-26-16-4-2-3-14(11-16)12-17-19(25)24-20(27-17)22-18(23-24)10-7-13-5-8-15(21)9-6-13/h2-12H,1H3/b10-7+,17-12-. The van der Waals surface area contributed by atoms with Crippen molar-refractivity contribution in [1.29, 1.82) is 0 Å². The van der Waals surface area contributed by atoms with Gasteiger partial charge in [0.15, 0.2) is 5.82 Å². The van der Waals surface area contributed by atoms with Crippen molar-refractivity contribution in [3.05, 3.63) is 86.2 Å². The molecule has 0 saturated carbocycles. The first-order valence-corrected chi connectivity index (χ1v) is 8.93. The first-order valence-electron chi connectivity index (χ1n) is 8.11. The Morgan fingerprint density at radius 1 is 1.11 bits per heavy atom. The van der Waals surface area contributed by atoms with E-state index in [0.29, 0.717) is 15.3 Å². The third-order valence-corrected chi connectivity index (χ3v) is 4.84. The Kier molecular flexibility index (Phi) is 4.52. The highest BCUT2D eigenvalue weighted by Crippen LogP contribution is 2.13. The largest absolute Gasteiger partial charge is 0.497 e. The van der Waals surface area contributed by atoms with Crippen LogP contribution in [0.4, 0.5) is 4.39 Å². The molecule has 0 bridgehead atoms. The summed E-state index contributed by atoms with van der Waals surface area (Å²) < 4.78 is 20.0. The average Bonchev–Trinajstić information content (AvgIpc) is 3.21. The van der Waals surface area contributed by atoms with Crippen molar-refractivity contribution in [1.82, 2.24) is 14.6 Å². The van der Waals surface area contributed by atoms with Crippen molar-refractivity contribution in [3.63, 3.8) is 0 Å². The van der Waals surface area contributed by atoms with E-state index in [4.69, 9.17) is 4.74 Å². The van der Waals surface area contributed by atoms with Crippen LogP contribution in [-0.2, 0) is 0 Å². The summed E-state index contributed by atoms with van der Waals surface area (Å²) in [6.07, 6.45) is 5.25. The molecule has 2 aromatic heterocycles. The summed E-state index contributed by atoms with van der Waals surface area (Å²) in [5.41, 5.74) is 1.48. The lowest BCUT2D eigenvalue weighted by atomic mass is 10.2. The number of hydrogen-bond acceptors (Lipinski definition) is 5. The molecular formula is C20H14FN3O2S. The number of methoxy groups -OCH3 is 1. The third kappa shape index (κ3) is 3.63. The quantitative estimate of drug-likeness (QED) is 0.547. The van der Waals surface area contributed by atoms with Crippen LogP contribution in [0.25, 0.3) is 23.2 Å². The number of benzene rings is 2. The van der Waals surface area contributed by atoms with Crippen LogP contribution in [0.15, 0.2) is 53.3 Å². The molecule has 7 heteroatoms. The van der Waals surface area contributed by atoms with Crippen molar-refractivity contribution in [2.45, 2.75) is 0 Å². The summed E-state index contributed by atoms with van der Waals surface area (Å²) in [6, 6.07) is 13.5. The monoisotopic (exact) mass is 379 g/mol. The molecular weight excluding hydrogens is 365 g/mol. The molecule has 2 heterocycles. The van der Waals surface area contributed by atoms with E-state index < -0.39 is 0 Å². The van der Waals surface area contributed by atoms with Gasteiger partial charge >= 0.3 is 0 Å². The molecule has 4 rings (SSSR count). The van der Waals surface area contributed by atoms with Crippen molar-refractivity contribution < 1.29 is 9.13 Å². The summed E-state index contributed by atoms with van der Waals surface area (Å²) in [4.78, 5) is 17.4. The lowest BCUT2D eigenvalue weighted by Crippen LogP contribution is -2.23. The Bertz CT molecular complexity index is 1240. The van der Waals surface area contributed by atoms with Gasteiger partial charge in [0.25, 0.3) is 5.56 Å². The molecule has 0 amide bonds. The SMILES string of the molecule is COc1cccc(/C=c2\sc3nc(/C=C/c4ccc(F)cc4)nn3c2=O)c1. The molecule has 0 saturated heterocycles. The van der Waals surface area contributed by atoms with Crippen molar-refractivity contribution >= 4 is 34.5 Å². The summed E-state index contributed by atoms with van der Waals surface area (Å²) in [7, 11) is 1.60. The van der Waals surface area contributed by atoms with Gasteiger partial charge in [0.2, 0.25) is 4.96 Å². The third-order valence-electron chi connectivity index (χ3n) is 3.88. The molecule has 0 radical (unpaired) electrons. The summed E-state index contributed by atoms with van der Waals surface area (Å²) in [6.45, 7) is 0. The summed E-state index contributed by atoms with van der Waals surface area (Å²) in [5.74, 6) is 0.864. The Hall–Kier alpha value is -3.32. The Morgan fingerprint density at radius 3 is 2.67 bits per heavy atom. The van der Waals surface area contributed by atoms with Gasteiger partial charge < -0.3 is 4.74 Å². The molecule has 5 nitrogen and oxygen atoms in total. The van der Waals surface area contributed by atoms with Crippen LogP contribution < -0.4 is 14.8 Å². The van der Waals surface area contributed by atoms with Gasteiger partial charge in [-0.05, 0) is 47.5 Å². The van der Waals surface area contributed by atoms with Crippen LogP contribution in [0.1, 0.15) is 17.0 Å². The number of fused-ring (bicyclic) bond motifs is 1. The first kappa shape index (κ1) is 17.1. The zero-order valence-corrected chi connectivity index (χ0v) is 15.1. The van der Waals surface area contributed by atoms with Gasteiger partial charge in [-0.25, -0.2) is 4.39 Å². The molecule has 0 unspecified atom stereocenters. The number of halogens is 1. The lowest BCUT2D eigenvalue weighted by Gasteiger charge is -1.99. The van der Waals surface area contributed by atoms with Crippen LogP contribution in [0.3, 0.4) is 0 Å². The van der Waals surface area contributed by atoms with E-state index in [-0.39, 0.29) is 11.4 Å². The average molecular weight is 379 g/mol. The molecule has 0 spiro atoms. The van der Waals surface area contributed by atoms with Gasteiger partial charge in [-0.15, -0.1) is 5.10 Å². The second-order valence-corrected chi connectivity index (χ2v) is 6.75. The molecule has 2 aromatic carbocycles. The minimum absolute atomic E-state index is 0.216. The Labute approximate surface area is 157 Å². The van der Waals surface area contributed by atoms with Gasteiger partial charge in [-0.2, -0.15) is 9.50 Å². The Balaban J connectivity index is 1.66. The van der Waals surface area contributed by atoms with E-state index in [1.54, 1.807) is 37.5 Å². The maximum Gasteiger partial charge on any atom is 0.291 e. The van der Waals surface area contributed by atoms with Crippen LogP contribution in [0.2, 0.25) is 0 Å². The van der Waals surface area contributed by atoms with Crippen LogP contribution in [0.5, 0.6) is 5.75 Å². The topological polar surface area (TPSA) is 56.5 Å². The van der Waals surface area contributed by atoms with Crippen LogP contribution >= 0.6 is 11.3 Å². The highest BCUT2D eigenvalue weighted by atomic mass is 32.1. The van der Waals surface area contributed by atoms with Gasteiger partial charge in [0.05, 0.1) is 11.6 Å². The predicted molar refractivity (Wildman–Crippen MR) is 104 cm³/mol. The molecule has 0 fully saturated rings. The normalized spacial score (nSPS) is 12.3. The van der Waals surface area contributed by atoms with Crippen molar-refractivity contribution in [2.75, 3.05) is 7.11 Å². The van der Waals surface area contributed by atoms with Crippen LogP contribution in [-0.4, -0.2) is 21.7 Å². The minimum atomic E-state index is -0.288. The molecule has 0 aliphatic carbocycles. The fraction of sp³-hybridized carbons (Fsp3) is 0.0500. The summed E-state index contributed by atoms with van der Waals surface area (Å²) >= 11 is 1.27. The number of aromatic nitrogens is 3. The van der Waals surface area contributed by atoms with E-state index in [0.717, 1.165) is 16.9 Å². The molecule has 0 aliphatic rings. The number of hydrogen-bond donors (Lipinski definition) is 0. The predicted octanol–water partition coefficient (Wildman–Crippen LogP) is 3.02. The van der Waals surface area contributed by atoms with Gasteiger partial charge in [0.1, 0.15) is 11.6 Å². The second kappa shape index (κ2) is 7.13. The molecule has 0 aliphatic heterocycles. The van der Waals surface area contributed by atoms with E-state index in [2.05, 4.69) is 10.1 Å². The van der Waals surface area contributed by atoms with Gasteiger partial charge in [0, 0.05) is 0 Å². The number of nitrogens with zero attached hydrogens (tertiary/aromatic N) is 3. The number of thiazole rings is 1. The molecule has 27 heavy (non-hydrogen) atoms. The van der Waals surface area contributed by atoms with Crippen LogP contribution in [0, 0.1) is 5.82 Å². The van der Waals surface area contributed by atoms with Crippen molar-refractivity contribution in [3.8, 4) is 5.75 Å². The fourth-order valence-corrected chi connectivity index (χ4v) is 3.46. The second-order valence-electron chi connectivity index (χ2n) is 5.74. The highest BCUT2D eigenvalue weighted by molar-refractivity contribution is 7.15. The molecule has 0 atom stereocenters. The van der Waals surface area contributed by atoms with Crippen molar-refractivity contribution in [2.24, 2.45) is 0 Å². The lowest BCUT2D eigenvalue weighted by molar-refractivity contribution is 0.414. The fourth-order valence-electron chi connectivity index (χ4n) is 2.55. The van der Waals surface area contributed by atoms with E-state index >= 15 is 0 Å². The molecule has 134 valence electrons. The Morgan fingerprint density at radius 2 is 1.93 bits per heavy atom. The maximum atomic E-state index is 12.9. The first-order chi connectivity index (χ1) is 13.1. The number of ether oxygens (including phenoxy) is 1.